The second-order valence-corrected chi connectivity index (χ2v) is 7.43. The molecule has 1 aliphatic carbocycles. The van der Waals surface area contributed by atoms with Crippen LogP contribution in [0.4, 0.5) is 5.82 Å². The van der Waals surface area contributed by atoms with Gasteiger partial charge in [-0.05, 0) is 54.7 Å². The fourth-order valence-corrected chi connectivity index (χ4v) is 3.87. The number of nitrogens with two attached hydrogens (primary N) is 1. The number of fused-ring (bicyclic) bond motifs is 1. The molecular formula is C20H20N4O2S. The Morgan fingerprint density at radius 2 is 1.93 bits per heavy atom. The van der Waals surface area contributed by atoms with E-state index in [1.807, 2.05) is 29.2 Å². The lowest BCUT2D eigenvalue weighted by Crippen LogP contribution is -2.37. The number of primary amides is 1. The summed E-state index contributed by atoms with van der Waals surface area (Å²) in [6, 6.07) is 15.0. The van der Waals surface area contributed by atoms with Crippen molar-refractivity contribution in [3.63, 3.8) is 0 Å². The first-order valence-corrected chi connectivity index (χ1v) is 9.70. The number of anilines is 1. The molecule has 27 heavy (non-hydrogen) atoms. The van der Waals surface area contributed by atoms with Crippen LogP contribution in [0.15, 0.2) is 48.5 Å². The van der Waals surface area contributed by atoms with E-state index in [4.69, 9.17) is 5.73 Å². The van der Waals surface area contributed by atoms with Gasteiger partial charge in [-0.3, -0.25) is 9.59 Å². The SMILES string of the molecule is NC(=O)c1cccc(C(=O)N(CCNc2nsc3ccccc23)C2CC2)c1. The molecule has 3 N–H and O–H groups in total. The first kappa shape index (κ1) is 17.5. The van der Waals surface area contributed by atoms with Crippen LogP contribution in [0.2, 0.25) is 0 Å². The number of hydrogen-bond acceptors (Lipinski definition) is 5. The molecule has 138 valence electrons. The average Bonchev–Trinajstić information content (AvgIpc) is 3.45. The zero-order chi connectivity index (χ0) is 18.8. The van der Waals surface area contributed by atoms with Crippen molar-refractivity contribution < 1.29 is 9.59 Å². The van der Waals surface area contributed by atoms with Crippen LogP contribution in [-0.4, -0.2) is 40.2 Å². The largest absolute Gasteiger partial charge is 0.367 e. The predicted molar refractivity (Wildman–Crippen MR) is 107 cm³/mol. The lowest BCUT2D eigenvalue weighted by Gasteiger charge is -2.23. The quantitative estimate of drug-likeness (QED) is 0.659. The number of hydrogen-bond donors (Lipinski definition) is 2. The molecule has 0 atom stereocenters. The standard InChI is InChI=1S/C20H20N4O2S/c21-18(25)13-4-3-5-14(12-13)20(26)24(15-8-9-15)11-10-22-19-16-6-1-2-7-17(16)27-23-19/h1-7,12,15H,8-11H2,(H2,21,25)(H,22,23). The van der Waals surface area contributed by atoms with Crippen LogP contribution >= 0.6 is 11.5 Å². The summed E-state index contributed by atoms with van der Waals surface area (Å²) in [5.41, 5.74) is 6.18. The van der Waals surface area contributed by atoms with Crippen LogP contribution in [0.3, 0.4) is 0 Å². The molecule has 0 bridgehead atoms. The van der Waals surface area contributed by atoms with Crippen molar-refractivity contribution >= 4 is 39.3 Å². The molecule has 3 aromatic rings. The van der Waals surface area contributed by atoms with E-state index < -0.39 is 5.91 Å². The summed E-state index contributed by atoms with van der Waals surface area (Å²) in [6.45, 7) is 1.20. The van der Waals surface area contributed by atoms with Crippen molar-refractivity contribution in [3.05, 3.63) is 59.7 Å². The van der Waals surface area contributed by atoms with E-state index in [2.05, 4.69) is 9.69 Å². The third-order valence-electron chi connectivity index (χ3n) is 4.67. The molecule has 2 amide bonds. The summed E-state index contributed by atoms with van der Waals surface area (Å²) in [5.74, 6) is 0.264. The highest BCUT2D eigenvalue weighted by Gasteiger charge is 2.32. The molecule has 1 aliphatic rings. The second kappa shape index (κ2) is 7.36. The third kappa shape index (κ3) is 3.78. The Morgan fingerprint density at radius 1 is 1.15 bits per heavy atom. The van der Waals surface area contributed by atoms with Crippen LogP contribution in [-0.2, 0) is 0 Å². The average molecular weight is 380 g/mol. The van der Waals surface area contributed by atoms with E-state index in [1.54, 1.807) is 24.3 Å². The summed E-state index contributed by atoms with van der Waals surface area (Å²) in [6.07, 6.45) is 2.03. The van der Waals surface area contributed by atoms with Gasteiger partial charge < -0.3 is 16.0 Å². The number of amides is 2. The molecule has 1 heterocycles. The number of benzene rings is 2. The van der Waals surface area contributed by atoms with E-state index in [-0.39, 0.29) is 11.9 Å². The molecule has 0 unspecified atom stereocenters. The second-order valence-electron chi connectivity index (χ2n) is 6.63. The van der Waals surface area contributed by atoms with Gasteiger partial charge in [-0.2, -0.15) is 4.37 Å². The zero-order valence-corrected chi connectivity index (χ0v) is 15.5. The molecule has 4 rings (SSSR count). The highest BCUT2D eigenvalue weighted by Crippen LogP contribution is 2.29. The Hall–Kier alpha value is -2.93. The van der Waals surface area contributed by atoms with Crippen molar-refractivity contribution in [1.82, 2.24) is 9.27 Å². The highest BCUT2D eigenvalue weighted by molar-refractivity contribution is 7.13. The summed E-state index contributed by atoms with van der Waals surface area (Å²) >= 11 is 1.46. The van der Waals surface area contributed by atoms with Gasteiger partial charge in [-0.25, -0.2) is 0 Å². The number of carbonyl (C=O) groups excluding carboxylic acids is 2. The smallest absolute Gasteiger partial charge is 0.254 e. The van der Waals surface area contributed by atoms with E-state index >= 15 is 0 Å². The molecule has 1 aromatic heterocycles. The van der Waals surface area contributed by atoms with E-state index in [1.165, 1.54) is 11.5 Å². The Balaban J connectivity index is 1.45. The Morgan fingerprint density at radius 3 is 2.70 bits per heavy atom. The first-order chi connectivity index (χ1) is 13.1. The summed E-state index contributed by atoms with van der Waals surface area (Å²) in [7, 11) is 0. The fraction of sp³-hybridized carbons (Fsp3) is 0.250. The van der Waals surface area contributed by atoms with Gasteiger partial charge in [0.1, 0.15) is 5.82 Å². The third-order valence-corrected chi connectivity index (χ3v) is 5.49. The first-order valence-electron chi connectivity index (χ1n) is 8.92. The predicted octanol–water partition coefficient (Wildman–Crippen LogP) is 3.11. The Labute approximate surface area is 161 Å². The minimum atomic E-state index is -0.528. The fourth-order valence-electron chi connectivity index (χ4n) is 3.12. The number of carbonyl (C=O) groups is 2. The molecule has 7 heteroatoms. The van der Waals surface area contributed by atoms with Gasteiger partial charge in [-0.15, -0.1) is 0 Å². The van der Waals surface area contributed by atoms with Crippen LogP contribution in [0, 0.1) is 0 Å². The van der Waals surface area contributed by atoms with Crippen LogP contribution < -0.4 is 11.1 Å². The molecule has 1 fully saturated rings. The molecule has 0 radical (unpaired) electrons. The van der Waals surface area contributed by atoms with E-state index in [0.717, 1.165) is 28.7 Å². The lowest BCUT2D eigenvalue weighted by molar-refractivity contribution is 0.0750. The minimum Gasteiger partial charge on any atom is -0.367 e. The number of nitrogens with one attached hydrogen (secondary N) is 1. The minimum absolute atomic E-state index is 0.0643. The van der Waals surface area contributed by atoms with Crippen LogP contribution in [0.1, 0.15) is 33.6 Å². The maximum Gasteiger partial charge on any atom is 0.254 e. The number of rotatable bonds is 7. The van der Waals surface area contributed by atoms with E-state index in [0.29, 0.717) is 24.2 Å². The van der Waals surface area contributed by atoms with Crippen molar-refractivity contribution in [2.24, 2.45) is 5.73 Å². The van der Waals surface area contributed by atoms with Crippen LogP contribution in [0.25, 0.3) is 10.1 Å². The molecule has 0 spiro atoms. The summed E-state index contributed by atoms with van der Waals surface area (Å²) < 4.78 is 5.60. The van der Waals surface area contributed by atoms with Crippen molar-refractivity contribution in [2.75, 3.05) is 18.4 Å². The number of aromatic nitrogens is 1. The lowest BCUT2D eigenvalue weighted by atomic mass is 10.1. The monoisotopic (exact) mass is 380 g/mol. The van der Waals surface area contributed by atoms with Gasteiger partial charge >= 0.3 is 0 Å². The summed E-state index contributed by atoms with van der Waals surface area (Å²) in [5, 5.41) is 4.45. The Kier molecular flexibility index (Phi) is 4.77. The maximum absolute atomic E-state index is 12.9. The molecular weight excluding hydrogens is 360 g/mol. The molecule has 0 aliphatic heterocycles. The summed E-state index contributed by atoms with van der Waals surface area (Å²) in [4.78, 5) is 26.2. The molecule has 2 aromatic carbocycles. The van der Waals surface area contributed by atoms with E-state index in [9.17, 15) is 9.59 Å². The van der Waals surface area contributed by atoms with Gasteiger partial charge in [0.2, 0.25) is 5.91 Å². The van der Waals surface area contributed by atoms with Crippen molar-refractivity contribution in [1.29, 1.82) is 0 Å². The topological polar surface area (TPSA) is 88.3 Å². The molecule has 6 nitrogen and oxygen atoms in total. The Bertz CT molecular complexity index is 996. The van der Waals surface area contributed by atoms with Gasteiger partial charge in [0, 0.05) is 35.6 Å². The zero-order valence-electron chi connectivity index (χ0n) is 14.7. The van der Waals surface area contributed by atoms with Gasteiger partial charge in [0.25, 0.3) is 5.91 Å². The molecule has 1 saturated carbocycles. The van der Waals surface area contributed by atoms with Gasteiger partial charge in [-0.1, -0.05) is 18.2 Å². The maximum atomic E-state index is 12.9. The van der Waals surface area contributed by atoms with Gasteiger partial charge in [0.05, 0.1) is 4.70 Å². The van der Waals surface area contributed by atoms with Crippen LogP contribution in [0.5, 0.6) is 0 Å². The van der Waals surface area contributed by atoms with Crippen molar-refractivity contribution in [2.45, 2.75) is 18.9 Å². The van der Waals surface area contributed by atoms with Crippen molar-refractivity contribution in [3.8, 4) is 0 Å². The van der Waals surface area contributed by atoms with Gasteiger partial charge in [0.15, 0.2) is 0 Å². The molecule has 0 saturated heterocycles. The number of nitrogens with zero attached hydrogens (tertiary/aromatic N) is 2. The normalized spacial score (nSPS) is 13.5. The highest BCUT2D eigenvalue weighted by atomic mass is 32.1.